The highest BCUT2D eigenvalue weighted by atomic mass is 16.5. The summed E-state index contributed by atoms with van der Waals surface area (Å²) in [7, 11) is 0. The van der Waals surface area contributed by atoms with Gasteiger partial charge in [-0.1, -0.05) is 11.1 Å². The standard InChI is InChI=1S/C11H16N2O/c1-6-7(2)12-8(3)11-9(4)13-14-10(11)5/h1,7-8,12H,2-5H3. The third kappa shape index (κ3) is 2.15. The summed E-state index contributed by atoms with van der Waals surface area (Å²) >= 11 is 0. The highest BCUT2D eigenvalue weighted by molar-refractivity contribution is 5.24. The third-order valence-corrected chi connectivity index (χ3v) is 2.27. The summed E-state index contributed by atoms with van der Waals surface area (Å²) in [6.07, 6.45) is 5.30. The summed E-state index contributed by atoms with van der Waals surface area (Å²) in [5.41, 5.74) is 2.03. The molecule has 2 unspecified atom stereocenters. The first-order valence-corrected chi connectivity index (χ1v) is 4.71. The number of nitrogens with one attached hydrogen (secondary N) is 1. The molecular formula is C11H16N2O. The maximum Gasteiger partial charge on any atom is 0.138 e. The fourth-order valence-corrected chi connectivity index (χ4v) is 1.61. The van der Waals surface area contributed by atoms with E-state index in [4.69, 9.17) is 10.9 Å². The number of nitrogens with zero attached hydrogens (tertiary/aromatic N) is 1. The molecule has 0 saturated heterocycles. The van der Waals surface area contributed by atoms with E-state index in [2.05, 4.69) is 23.3 Å². The Morgan fingerprint density at radius 3 is 2.50 bits per heavy atom. The number of hydrogen-bond acceptors (Lipinski definition) is 3. The van der Waals surface area contributed by atoms with E-state index in [0.717, 1.165) is 17.0 Å². The topological polar surface area (TPSA) is 38.1 Å². The van der Waals surface area contributed by atoms with E-state index in [1.54, 1.807) is 0 Å². The molecule has 76 valence electrons. The normalized spacial score (nSPS) is 14.8. The maximum atomic E-state index is 5.30. The van der Waals surface area contributed by atoms with Crippen molar-refractivity contribution in [3.63, 3.8) is 0 Å². The van der Waals surface area contributed by atoms with Crippen molar-refractivity contribution in [2.45, 2.75) is 39.8 Å². The van der Waals surface area contributed by atoms with Crippen LogP contribution in [0, 0.1) is 26.2 Å². The number of rotatable bonds is 3. The van der Waals surface area contributed by atoms with Crippen LogP contribution in [0.3, 0.4) is 0 Å². The smallest absolute Gasteiger partial charge is 0.138 e. The van der Waals surface area contributed by atoms with Crippen LogP contribution in [0.15, 0.2) is 4.52 Å². The van der Waals surface area contributed by atoms with Gasteiger partial charge in [0.05, 0.1) is 11.7 Å². The highest BCUT2D eigenvalue weighted by Gasteiger charge is 2.16. The van der Waals surface area contributed by atoms with Gasteiger partial charge in [-0.15, -0.1) is 6.42 Å². The fourth-order valence-electron chi connectivity index (χ4n) is 1.61. The summed E-state index contributed by atoms with van der Waals surface area (Å²) in [5, 5.41) is 7.18. The average Bonchev–Trinajstić information content (AvgIpc) is 2.46. The summed E-state index contributed by atoms with van der Waals surface area (Å²) in [5.74, 6) is 3.49. The molecule has 0 aromatic carbocycles. The summed E-state index contributed by atoms with van der Waals surface area (Å²) in [6, 6.07) is 0.228. The van der Waals surface area contributed by atoms with Crippen molar-refractivity contribution in [2.75, 3.05) is 0 Å². The van der Waals surface area contributed by atoms with E-state index >= 15 is 0 Å². The Labute approximate surface area is 84.9 Å². The van der Waals surface area contributed by atoms with E-state index in [1.807, 2.05) is 20.8 Å². The van der Waals surface area contributed by atoms with Gasteiger partial charge in [0.15, 0.2) is 0 Å². The Morgan fingerprint density at radius 1 is 1.43 bits per heavy atom. The van der Waals surface area contributed by atoms with Crippen LogP contribution in [0.1, 0.15) is 36.9 Å². The average molecular weight is 192 g/mol. The van der Waals surface area contributed by atoms with Gasteiger partial charge in [0.25, 0.3) is 0 Å². The molecule has 0 aliphatic rings. The van der Waals surface area contributed by atoms with Gasteiger partial charge in [0, 0.05) is 11.6 Å². The molecule has 0 aliphatic carbocycles. The Morgan fingerprint density at radius 2 is 2.07 bits per heavy atom. The zero-order chi connectivity index (χ0) is 10.7. The molecular weight excluding hydrogens is 176 g/mol. The minimum atomic E-state index is 0.0544. The molecule has 0 fully saturated rings. The van der Waals surface area contributed by atoms with Crippen LogP contribution in [0.25, 0.3) is 0 Å². The Hall–Kier alpha value is -1.27. The Balaban J connectivity index is 2.80. The zero-order valence-electron chi connectivity index (χ0n) is 9.09. The minimum Gasteiger partial charge on any atom is -0.361 e. The van der Waals surface area contributed by atoms with Gasteiger partial charge in [0.2, 0.25) is 0 Å². The second kappa shape index (κ2) is 4.30. The van der Waals surface area contributed by atoms with Gasteiger partial charge in [-0.2, -0.15) is 0 Å². The molecule has 1 rings (SSSR count). The molecule has 3 heteroatoms. The lowest BCUT2D eigenvalue weighted by atomic mass is 10.1. The van der Waals surface area contributed by atoms with Crippen molar-refractivity contribution in [3.05, 3.63) is 17.0 Å². The van der Waals surface area contributed by atoms with Crippen molar-refractivity contribution in [1.29, 1.82) is 0 Å². The Kier molecular flexibility index (Phi) is 3.32. The molecule has 0 amide bonds. The summed E-state index contributed by atoms with van der Waals surface area (Å²) < 4.78 is 5.09. The SMILES string of the molecule is C#CC(C)NC(C)c1c(C)noc1C. The first-order valence-electron chi connectivity index (χ1n) is 4.71. The van der Waals surface area contributed by atoms with E-state index < -0.39 is 0 Å². The first kappa shape index (κ1) is 10.8. The van der Waals surface area contributed by atoms with Gasteiger partial charge in [0.1, 0.15) is 5.76 Å². The second-order valence-electron chi connectivity index (χ2n) is 3.51. The van der Waals surface area contributed by atoms with E-state index in [-0.39, 0.29) is 12.1 Å². The van der Waals surface area contributed by atoms with Crippen LogP contribution in [0.2, 0.25) is 0 Å². The monoisotopic (exact) mass is 192 g/mol. The lowest BCUT2D eigenvalue weighted by molar-refractivity contribution is 0.390. The molecule has 3 nitrogen and oxygen atoms in total. The molecule has 14 heavy (non-hydrogen) atoms. The number of aromatic nitrogens is 1. The van der Waals surface area contributed by atoms with Crippen molar-refractivity contribution in [1.82, 2.24) is 10.5 Å². The van der Waals surface area contributed by atoms with Crippen LogP contribution >= 0.6 is 0 Å². The molecule has 1 N–H and O–H groups in total. The molecule has 0 spiro atoms. The quantitative estimate of drug-likeness (QED) is 0.744. The van der Waals surface area contributed by atoms with Crippen molar-refractivity contribution < 1.29 is 4.52 Å². The fraction of sp³-hybridized carbons (Fsp3) is 0.545. The zero-order valence-corrected chi connectivity index (χ0v) is 9.09. The lowest BCUT2D eigenvalue weighted by Crippen LogP contribution is -2.27. The predicted molar refractivity (Wildman–Crippen MR) is 55.8 cm³/mol. The number of terminal acetylenes is 1. The molecule has 0 radical (unpaired) electrons. The van der Waals surface area contributed by atoms with Crippen molar-refractivity contribution >= 4 is 0 Å². The van der Waals surface area contributed by atoms with Crippen LogP contribution < -0.4 is 5.32 Å². The minimum absolute atomic E-state index is 0.0544. The van der Waals surface area contributed by atoms with Crippen molar-refractivity contribution in [3.8, 4) is 12.3 Å². The highest BCUT2D eigenvalue weighted by Crippen LogP contribution is 2.20. The molecule has 2 atom stereocenters. The number of hydrogen-bond donors (Lipinski definition) is 1. The van der Waals surface area contributed by atoms with Gasteiger partial charge in [-0.3, -0.25) is 5.32 Å². The molecule has 0 aliphatic heterocycles. The van der Waals surface area contributed by atoms with Crippen LogP contribution in [0.5, 0.6) is 0 Å². The second-order valence-corrected chi connectivity index (χ2v) is 3.51. The summed E-state index contributed by atoms with van der Waals surface area (Å²) in [4.78, 5) is 0. The Bertz CT molecular complexity index is 329. The van der Waals surface area contributed by atoms with Crippen LogP contribution in [-0.4, -0.2) is 11.2 Å². The molecule has 0 bridgehead atoms. The van der Waals surface area contributed by atoms with Crippen LogP contribution in [-0.2, 0) is 0 Å². The lowest BCUT2D eigenvalue weighted by Gasteiger charge is -2.15. The van der Waals surface area contributed by atoms with Crippen molar-refractivity contribution in [2.24, 2.45) is 0 Å². The van der Waals surface area contributed by atoms with Gasteiger partial charge >= 0.3 is 0 Å². The molecule has 0 saturated carbocycles. The third-order valence-electron chi connectivity index (χ3n) is 2.27. The first-order chi connectivity index (χ1) is 6.56. The van der Waals surface area contributed by atoms with Gasteiger partial charge in [-0.05, 0) is 27.7 Å². The van der Waals surface area contributed by atoms with Gasteiger partial charge in [-0.25, -0.2) is 0 Å². The van der Waals surface area contributed by atoms with E-state index in [1.165, 1.54) is 0 Å². The molecule has 1 aromatic rings. The predicted octanol–water partition coefficient (Wildman–Crippen LogP) is 1.96. The maximum absolute atomic E-state index is 5.30. The largest absolute Gasteiger partial charge is 0.361 e. The number of aryl methyl sites for hydroxylation is 2. The van der Waals surface area contributed by atoms with E-state index in [0.29, 0.717) is 0 Å². The van der Waals surface area contributed by atoms with E-state index in [9.17, 15) is 0 Å². The molecule has 1 heterocycles. The van der Waals surface area contributed by atoms with Gasteiger partial charge < -0.3 is 4.52 Å². The summed E-state index contributed by atoms with van der Waals surface area (Å²) in [6.45, 7) is 7.85. The molecule has 1 aromatic heterocycles. The van der Waals surface area contributed by atoms with Crippen LogP contribution in [0.4, 0.5) is 0 Å².